The molecule has 7 nitrogen and oxygen atoms in total. The van der Waals surface area contributed by atoms with Crippen molar-refractivity contribution < 1.29 is 37.4 Å². The van der Waals surface area contributed by atoms with Gasteiger partial charge in [-0.2, -0.15) is 13.2 Å². The van der Waals surface area contributed by atoms with E-state index in [9.17, 15) is 22.8 Å². The Morgan fingerprint density at radius 1 is 0.829 bits per heavy atom. The van der Waals surface area contributed by atoms with E-state index in [-0.39, 0.29) is 11.9 Å². The molecule has 0 rings (SSSR count). The van der Waals surface area contributed by atoms with E-state index in [0.717, 1.165) is 25.7 Å². The average molecular weight is 513 g/mol. The van der Waals surface area contributed by atoms with Crippen LogP contribution in [0.5, 0.6) is 0 Å². The summed E-state index contributed by atoms with van der Waals surface area (Å²) in [5.41, 5.74) is 5.48. The van der Waals surface area contributed by atoms with Gasteiger partial charge in [-0.15, -0.1) is 0 Å². The lowest BCUT2D eigenvalue weighted by Gasteiger charge is -2.16. The second-order valence-corrected chi connectivity index (χ2v) is 8.72. The maximum Gasteiger partial charge on any atom is 0.490 e. The Hall–Kier alpha value is -1.84. The van der Waals surface area contributed by atoms with E-state index in [1.165, 1.54) is 77.7 Å². The predicted octanol–water partition coefficient (Wildman–Crippen LogP) is 5.89. The van der Waals surface area contributed by atoms with Crippen LogP contribution in [0, 0.1) is 0 Å². The van der Waals surface area contributed by atoms with Crippen molar-refractivity contribution in [3.63, 3.8) is 0 Å². The number of nitrogens with one attached hydrogen (secondary N) is 1. The molecule has 0 heterocycles. The number of carbonyl (C=O) groups excluding carboxylic acids is 2. The van der Waals surface area contributed by atoms with Crippen LogP contribution in [0.4, 0.5) is 13.2 Å². The minimum absolute atomic E-state index is 0.0498. The number of rotatable bonds is 20. The monoisotopic (exact) mass is 512 g/mol. The first-order chi connectivity index (χ1) is 16.6. The molecule has 0 unspecified atom stereocenters. The average Bonchev–Trinajstić information content (AvgIpc) is 2.80. The van der Waals surface area contributed by atoms with Crippen molar-refractivity contribution in [3.05, 3.63) is 0 Å². The molecule has 35 heavy (non-hydrogen) atoms. The van der Waals surface area contributed by atoms with Crippen LogP contribution in [0.25, 0.3) is 0 Å². The fourth-order valence-corrected chi connectivity index (χ4v) is 3.45. The third kappa shape index (κ3) is 25.1. The Balaban J connectivity index is 0. The molecular formula is C25H47F3N2O5. The summed E-state index contributed by atoms with van der Waals surface area (Å²) in [6, 6.07) is -0.536. The number of esters is 1. The molecule has 0 aromatic heterocycles. The zero-order chi connectivity index (χ0) is 27.0. The van der Waals surface area contributed by atoms with Crippen molar-refractivity contribution >= 4 is 17.8 Å². The number of hydrogen-bond acceptors (Lipinski definition) is 5. The number of carboxylic acid groups (broad SMARTS) is 1. The van der Waals surface area contributed by atoms with Gasteiger partial charge in [0.25, 0.3) is 0 Å². The zero-order valence-corrected chi connectivity index (χ0v) is 21.6. The number of unbranched alkanes of at least 4 members (excludes halogenated alkanes) is 13. The number of alkyl halides is 3. The molecule has 4 N–H and O–H groups in total. The lowest BCUT2D eigenvalue weighted by atomic mass is 10.0. The first-order valence-electron chi connectivity index (χ1n) is 13.0. The highest BCUT2D eigenvalue weighted by Gasteiger charge is 2.38. The second kappa shape index (κ2) is 23.9. The standard InChI is InChI=1S/C23H46N2O3.C2HF3O2/c1-3-4-5-6-7-8-9-10-11-12-13-14-15-19-22(26)25-21(23(27)28-2)18-16-17-20-24;3-2(4,5)1(6)7/h21H,3-20,24H2,1-2H3,(H,25,26);(H,6,7)/t21-;/m0./s1. The van der Waals surface area contributed by atoms with Gasteiger partial charge in [0.2, 0.25) is 5.91 Å². The summed E-state index contributed by atoms with van der Waals surface area (Å²) in [5, 5.41) is 9.94. The zero-order valence-electron chi connectivity index (χ0n) is 21.6. The third-order valence-electron chi connectivity index (χ3n) is 5.52. The summed E-state index contributed by atoms with van der Waals surface area (Å²) in [7, 11) is 1.36. The summed E-state index contributed by atoms with van der Waals surface area (Å²) in [5.74, 6) is -3.17. The van der Waals surface area contributed by atoms with E-state index in [1.807, 2.05) is 0 Å². The van der Waals surface area contributed by atoms with Crippen molar-refractivity contribution in [2.75, 3.05) is 13.7 Å². The third-order valence-corrected chi connectivity index (χ3v) is 5.52. The van der Waals surface area contributed by atoms with Gasteiger partial charge in [0.15, 0.2) is 0 Å². The smallest absolute Gasteiger partial charge is 0.475 e. The van der Waals surface area contributed by atoms with Crippen molar-refractivity contribution in [1.29, 1.82) is 0 Å². The molecule has 0 bridgehead atoms. The summed E-state index contributed by atoms with van der Waals surface area (Å²) in [6.07, 6.45) is 14.4. The molecule has 208 valence electrons. The predicted molar refractivity (Wildman–Crippen MR) is 131 cm³/mol. The van der Waals surface area contributed by atoms with Gasteiger partial charge >= 0.3 is 18.1 Å². The number of amides is 1. The van der Waals surface area contributed by atoms with Crippen molar-refractivity contribution in [1.82, 2.24) is 5.32 Å². The van der Waals surface area contributed by atoms with Crippen molar-refractivity contribution in [2.24, 2.45) is 5.73 Å². The summed E-state index contributed by atoms with van der Waals surface area (Å²) in [4.78, 5) is 32.7. The molecule has 0 spiro atoms. The molecule has 0 aliphatic carbocycles. The van der Waals surface area contributed by atoms with E-state index in [0.29, 0.717) is 19.4 Å². The molecule has 1 amide bonds. The van der Waals surface area contributed by atoms with Crippen LogP contribution in [0.1, 0.15) is 116 Å². The minimum atomic E-state index is -5.08. The first-order valence-corrected chi connectivity index (χ1v) is 13.0. The van der Waals surface area contributed by atoms with Gasteiger partial charge in [-0.25, -0.2) is 9.59 Å². The molecule has 1 atom stereocenters. The normalized spacial score (nSPS) is 11.8. The molecule has 10 heteroatoms. The van der Waals surface area contributed by atoms with E-state index in [2.05, 4.69) is 12.2 Å². The SMILES string of the molecule is CCCCCCCCCCCCCCCC(=O)N[C@@H](CCCCN)C(=O)OC.O=C(O)C(F)(F)F. The van der Waals surface area contributed by atoms with Crippen LogP contribution in [0.2, 0.25) is 0 Å². The quantitative estimate of drug-likeness (QED) is 0.138. The number of ether oxygens (including phenoxy) is 1. The first kappa shape index (κ1) is 35.3. The Kier molecular flexibility index (Phi) is 24.1. The van der Waals surface area contributed by atoms with Gasteiger partial charge in [-0.05, 0) is 32.2 Å². The molecule has 0 aliphatic rings. The van der Waals surface area contributed by atoms with Gasteiger partial charge < -0.3 is 20.9 Å². The minimum Gasteiger partial charge on any atom is -0.475 e. The van der Waals surface area contributed by atoms with Crippen LogP contribution >= 0.6 is 0 Å². The summed E-state index contributed by atoms with van der Waals surface area (Å²) < 4.78 is 36.5. The molecule has 0 saturated heterocycles. The lowest BCUT2D eigenvalue weighted by Crippen LogP contribution is -2.41. The molecule has 0 aromatic carbocycles. The van der Waals surface area contributed by atoms with E-state index >= 15 is 0 Å². The fourth-order valence-electron chi connectivity index (χ4n) is 3.45. The maximum absolute atomic E-state index is 12.1. The van der Waals surface area contributed by atoms with E-state index < -0.39 is 18.2 Å². The Morgan fingerprint density at radius 3 is 1.63 bits per heavy atom. The number of methoxy groups -OCH3 is 1. The highest BCUT2D eigenvalue weighted by Crippen LogP contribution is 2.14. The molecule has 0 aromatic rings. The number of aliphatic carboxylic acids is 1. The van der Waals surface area contributed by atoms with Crippen LogP contribution in [-0.2, 0) is 19.1 Å². The van der Waals surface area contributed by atoms with E-state index in [4.69, 9.17) is 20.4 Å². The van der Waals surface area contributed by atoms with Gasteiger partial charge in [-0.3, -0.25) is 4.79 Å². The summed E-state index contributed by atoms with van der Waals surface area (Å²) >= 11 is 0. The van der Waals surface area contributed by atoms with Gasteiger partial charge in [0, 0.05) is 6.42 Å². The van der Waals surface area contributed by atoms with Crippen LogP contribution < -0.4 is 11.1 Å². The fraction of sp³-hybridized carbons (Fsp3) is 0.880. The lowest BCUT2D eigenvalue weighted by molar-refractivity contribution is -0.192. The van der Waals surface area contributed by atoms with Gasteiger partial charge in [0.1, 0.15) is 6.04 Å². The maximum atomic E-state index is 12.1. The number of hydrogen-bond donors (Lipinski definition) is 3. The largest absolute Gasteiger partial charge is 0.490 e. The highest BCUT2D eigenvalue weighted by molar-refractivity contribution is 5.84. The van der Waals surface area contributed by atoms with Crippen LogP contribution in [-0.4, -0.2) is 48.8 Å². The van der Waals surface area contributed by atoms with Crippen molar-refractivity contribution in [3.8, 4) is 0 Å². The number of carbonyl (C=O) groups is 3. The topological polar surface area (TPSA) is 119 Å². The molecule has 0 fully saturated rings. The number of nitrogens with two attached hydrogens (primary N) is 1. The Labute approximate surface area is 208 Å². The molecule has 0 aliphatic heterocycles. The number of halogens is 3. The molecule has 0 radical (unpaired) electrons. The molecule has 0 saturated carbocycles. The Morgan fingerprint density at radius 2 is 1.26 bits per heavy atom. The van der Waals surface area contributed by atoms with Crippen molar-refractivity contribution in [2.45, 2.75) is 128 Å². The van der Waals surface area contributed by atoms with Crippen LogP contribution in [0.3, 0.4) is 0 Å². The molecular weight excluding hydrogens is 465 g/mol. The summed E-state index contributed by atoms with van der Waals surface area (Å²) in [6.45, 7) is 2.86. The van der Waals surface area contributed by atoms with Gasteiger partial charge in [0.05, 0.1) is 7.11 Å². The highest BCUT2D eigenvalue weighted by atomic mass is 19.4. The Bertz CT molecular complexity index is 546. The number of carboxylic acids is 1. The van der Waals surface area contributed by atoms with Crippen LogP contribution in [0.15, 0.2) is 0 Å². The second-order valence-electron chi connectivity index (χ2n) is 8.72. The van der Waals surface area contributed by atoms with Gasteiger partial charge in [-0.1, -0.05) is 84.0 Å². The van der Waals surface area contributed by atoms with E-state index in [1.54, 1.807) is 0 Å².